The van der Waals surface area contributed by atoms with Crippen molar-refractivity contribution in [3.05, 3.63) is 30.2 Å². The zero-order valence-electron chi connectivity index (χ0n) is 18.4. The minimum absolute atomic E-state index is 0.00809. The van der Waals surface area contributed by atoms with Crippen LogP contribution < -0.4 is 11.1 Å². The number of halogens is 3. The number of nitrogens with zero attached hydrogens (tertiary/aromatic N) is 7. The number of imidazole rings is 1. The highest BCUT2D eigenvalue weighted by atomic mass is 19.3. The fraction of sp³-hybridized carbons (Fsp3) is 0.381. The second-order valence-electron chi connectivity index (χ2n) is 8.23. The molecule has 0 aromatic carbocycles. The van der Waals surface area contributed by atoms with Gasteiger partial charge in [-0.05, 0) is 25.1 Å². The van der Waals surface area contributed by atoms with Gasteiger partial charge >= 0.3 is 0 Å². The number of rotatable bonds is 5. The highest BCUT2D eigenvalue weighted by Gasteiger charge is 2.34. The van der Waals surface area contributed by atoms with Crippen molar-refractivity contribution in [1.29, 1.82) is 0 Å². The second-order valence-corrected chi connectivity index (χ2v) is 8.23. The molecule has 0 unspecified atom stereocenters. The number of hydrogen-bond acceptors (Lipinski definition) is 7. The number of pyridine rings is 1. The summed E-state index contributed by atoms with van der Waals surface area (Å²) >= 11 is 0. The number of aromatic nitrogens is 6. The Balaban J connectivity index is 1.49. The minimum Gasteiger partial charge on any atom is -0.382 e. The molecule has 4 aromatic rings. The summed E-state index contributed by atoms with van der Waals surface area (Å²) in [4.78, 5) is 26.1. The Hall–Kier alpha value is -3.90. The van der Waals surface area contributed by atoms with E-state index in [1.54, 1.807) is 31.3 Å². The van der Waals surface area contributed by atoms with E-state index in [0.29, 0.717) is 33.8 Å². The molecule has 1 fully saturated rings. The number of fused-ring (bicyclic) bond motifs is 2. The van der Waals surface area contributed by atoms with Crippen LogP contribution in [0.4, 0.5) is 24.9 Å². The second kappa shape index (κ2) is 8.15. The van der Waals surface area contributed by atoms with Gasteiger partial charge in [0.15, 0.2) is 11.5 Å². The predicted molar refractivity (Wildman–Crippen MR) is 119 cm³/mol. The van der Waals surface area contributed by atoms with Gasteiger partial charge in [-0.25, -0.2) is 27.7 Å². The molecule has 0 bridgehead atoms. The standard InChI is InChI=1S/C21H22F3N9O/c1-10-26-15-4-3-14(27-20(15)32(10)9-17(23)24)12-5-6-33-18(12)19(25)29-21(30-33)28-16-8-31(11(2)34)7-13(16)22/h3-6,13,16-17H,7-9H2,1-2H3,(H3,25,28,29,30)/t13-,16+/m0/s1. The highest BCUT2D eigenvalue weighted by Crippen LogP contribution is 2.30. The van der Waals surface area contributed by atoms with Gasteiger partial charge in [-0.2, -0.15) is 4.98 Å². The molecule has 0 aliphatic carbocycles. The van der Waals surface area contributed by atoms with Crippen molar-refractivity contribution < 1.29 is 18.0 Å². The molecule has 5 heterocycles. The largest absolute Gasteiger partial charge is 0.382 e. The van der Waals surface area contributed by atoms with Crippen molar-refractivity contribution in [2.75, 3.05) is 24.1 Å². The predicted octanol–water partition coefficient (Wildman–Crippen LogP) is 2.28. The molecule has 3 N–H and O–H groups in total. The van der Waals surface area contributed by atoms with Crippen LogP contribution in [0.15, 0.2) is 24.4 Å². The SMILES string of the molecule is CC(=O)N1C[C@H](F)[C@H](Nc2nc(N)c3c(-c4ccc5nc(C)n(CC(F)F)c5n4)ccn3n2)C1. The Labute approximate surface area is 191 Å². The van der Waals surface area contributed by atoms with E-state index in [9.17, 15) is 18.0 Å². The number of nitrogens with two attached hydrogens (primary N) is 1. The molecule has 34 heavy (non-hydrogen) atoms. The number of alkyl halides is 3. The molecule has 0 spiro atoms. The number of aryl methyl sites for hydroxylation is 1. The fourth-order valence-electron chi connectivity index (χ4n) is 4.26. The molecule has 10 nitrogen and oxygen atoms in total. The van der Waals surface area contributed by atoms with Gasteiger partial charge in [-0.15, -0.1) is 5.10 Å². The normalized spacial score (nSPS) is 18.5. The third-order valence-corrected chi connectivity index (χ3v) is 5.93. The summed E-state index contributed by atoms with van der Waals surface area (Å²) in [6.45, 7) is 2.75. The lowest BCUT2D eigenvalue weighted by Crippen LogP contribution is -2.32. The van der Waals surface area contributed by atoms with Crippen LogP contribution in [0.5, 0.6) is 0 Å². The summed E-state index contributed by atoms with van der Waals surface area (Å²) < 4.78 is 43.3. The summed E-state index contributed by atoms with van der Waals surface area (Å²) in [6.07, 6.45) is -2.15. The lowest BCUT2D eigenvalue weighted by Gasteiger charge is -2.15. The third-order valence-electron chi connectivity index (χ3n) is 5.93. The number of likely N-dealkylation sites (tertiary alicyclic amines) is 1. The molecule has 178 valence electrons. The molecule has 5 rings (SSSR count). The van der Waals surface area contributed by atoms with Crippen molar-refractivity contribution in [3.63, 3.8) is 0 Å². The van der Waals surface area contributed by atoms with Gasteiger partial charge in [0, 0.05) is 25.2 Å². The van der Waals surface area contributed by atoms with Gasteiger partial charge < -0.3 is 20.5 Å². The first-order valence-corrected chi connectivity index (χ1v) is 10.6. The highest BCUT2D eigenvalue weighted by molar-refractivity contribution is 5.88. The van der Waals surface area contributed by atoms with Crippen molar-refractivity contribution in [1.82, 2.24) is 34.0 Å². The van der Waals surface area contributed by atoms with Gasteiger partial charge in [-0.3, -0.25) is 4.79 Å². The van der Waals surface area contributed by atoms with E-state index in [1.165, 1.54) is 20.9 Å². The molecule has 4 aromatic heterocycles. The molecule has 1 aliphatic heterocycles. The summed E-state index contributed by atoms with van der Waals surface area (Å²) in [5.74, 6) is 0.502. The minimum atomic E-state index is -2.54. The molecule has 1 aliphatic rings. The van der Waals surface area contributed by atoms with Gasteiger partial charge in [-0.1, -0.05) is 0 Å². The van der Waals surface area contributed by atoms with E-state index >= 15 is 0 Å². The zero-order chi connectivity index (χ0) is 24.1. The van der Waals surface area contributed by atoms with E-state index in [0.717, 1.165) is 0 Å². The van der Waals surface area contributed by atoms with E-state index < -0.39 is 25.2 Å². The maximum absolute atomic E-state index is 14.4. The number of nitrogens with one attached hydrogen (secondary N) is 1. The van der Waals surface area contributed by atoms with Gasteiger partial charge in [0.25, 0.3) is 6.43 Å². The Morgan fingerprint density at radius 3 is 2.74 bits per heavy atom. The first-order chi connectivity index (χ1) is 16.2. The summed E-state index contributed by atoms with van der Waals surface area (Å²) in [6, 6.07) is 4.53. The quantitative estimate of drug-likeness (QED) is 0.456. The van der Waals surface area contributed by atoms with Crippen molar-refractivity contribution in [2.45, 2.75) is 39.0 Å². The van der Waals surface area contributed by atoms with E-state index in [4.69, 9.17) is 5.73 Å². The molecule has 13 heteroatoms. The monoisotopic (exact) mass is 473 g/mol. The van der Waals surface area contributed by atoms with Crippen molar-refractivity contribution in [2.24, 2.45) is 0 Å². The number of nitrogen functional groups attached to an aromatic ring is 1. The van der Waals surface area contributed by atoms with Crippen LogP contribution in [-0.4, -0.2) is 71.7 Å². The summed E-state index contributed by atoms with van der Waals surface area (Å²) in [7, 11) is 0. The Kier molecular flexibility index (Phi) is 5.25. The molecular weight excluding hydrogens is 451 g/mol. The van der Waals surface area contributed by atoms with E-state index in [-0.39, 0.29) is 30.8 Å². The Morgan fingerprint density at radius 2 is 2.03 bits per heavy atom. The van der Waals surface area contributed by atoms with E-state index in [2.05, 4.69) is 25.4 Å². The molecule has 1 saturated heterocycles. The van der Waals surface area contributed by atoms with Gasteiger partial charge in [0.05, 0.1) is 24.8 Å². The topological polar surface area (TPSA) is 119 Å². The number of carbonyl (C=O) groups excluding carboxylic acids is 1. The number of carbonyl (C=O) groups is 1. The molecular formula is C21H22F3N9O. The summed E-state index contributed by atoms with van der Waals surface area (Å²) in [5.41, 5.74) is 8.66. The zero-order valence-corrected chi connectivity index (χ0v) is 18.4. The average Bonchev–Trinajstić information content (AvgIpc) is 3.44. The third kappa shape index (κ3) is 3.76. The molecule has 0 saturated carbocycles. The average molecular weight is 473 g/mol. The van der Waals surface area contributed by atoms with Gasteiger partial charge in [0.1, 0.15) is 23.0 Å². The first kappa shape index (κ1) is 21.9. The smallest absolute Gasteiger partial charge is 0.256 e. The van der Waals surface area contributed by atoms with Crippen molar-refractivity contribution in [3.8, 4) is 11.3 Å². The number of hydrogen-bond donors (Lipinski definition) is 2. The van der Waals surface area contributed by atoms with Crippen LogP contribution in [-0.2, 0) is 11.3 Å². The van der Waals surface area contributed by atoms with Crippen LogP contribution in [0.3, 0.4) is 0 Å². The number of amides is 1. The summed E-state index contributed by atoms with van der Waals surface area (Å²) in [5, 5.41) is 7.29. The van der Waals surface area contributed by atoms with Crippen LogP contribution in [0.25, 0.3) is 27.9 Å². The molecule has 0 radical (unpaired) electrons. The number of anilines is 2. The maximum atomic E-state index is 14.4. The fourth-order valence-corrected chi connectivity index (χ4v) is 4.26. The maximum Gasteiger partial charge on any atom is 0.256 e. The Morgan fingerprint density at radius 1 is 1.24 bits per heavy atom. The Bertz CT molecular complexity index is 1400. The van der Waals surface area contributed by atoms with Crippen molar-refractivity contribution >= 4 is 34.4 Å². The first-order valence-electron chi connectivity index (χ1n) is 10.6. The van der Waals surface area contributed by atoms with Crippen LogP contribution in [0.1, 0.15) is 12.7 Å². The van der Waals surface area contributed by atoms with Gasteiger partial charge in [0.2, 0.25) is 11.9 Å². The molecule has 2 atom stereocenters. The lowest BCUT2D eigenvalue weighted by molar-refractivity contribution is -0.128. The van der Waals surface area contributed by atoms with E-state index in [1.807, 2.05) is 0 Å². The lowest BCUT2D eigenvalue weighted by atomic mass is 10.2. The van der Waals surface area contributed by atoms with Crippen LogP contribution >= 0.6 is 0 Å². The molecule has 1 amide bonds. The van der Waals surface area contributed by atoms with Crippen LogP contribution in [0, 0.1) is 6.92 Å². The van der Waals surface area contributed by atoms with Crippen LogP contribution in [0.2, 0.25) is 0 Å².